The van der Waals surface area contributed by atoms with Gasteiger partial charge in [0.05, 0.1) is 29.7 Å². The van der Waals surface area contributed by atoms with E-state index in [-0.39, 0.29) is 25.4 Å². The summed E-state index contributed by atoms with van der Waals surface area (Å²) < 4.78 is 39.6. The van der Waals surface area contributed by atoms with Crippen molar-refractivity contribution in [3.63, 3.8) is 0 Å². The number of nitrogens with one attached hydrogen (secondary N) is 3. The molecule has 4 amide bonds. The second kappa shape index (κ2) is 15.4. The molecule has 16 heteroatoms. The van der Waals surface area contributed by atoms with Crippen molar-refractivity contribution in [1.82, 2.24) is 30.2 Å². The third-order valence-corrected chi connectivity index (χ3v) is 14.1. The van der Waals surface area contributed by atoms with Gasteiger partial charge in [0.25, 0.3) is 5.91 Å². The van der Waals surface area contributed by atoms with E-state index in [0.29, 0.717) is 63.9 Å². The van der Waals surface area contributed by atoms with E-state index in [2.05, 4.69) is 29.2 Å². The number of amides is 4. The van der Waals surface area contributed by atoms with Crippen molar-refractivity contribution in [1.29, 1.82) is 0 Å². The molecule has 1 aliphatic heterocycles. The quantitative estimate of drug-likeness (QED) is 0.200. The fourth-order valence-electron chi connectivity index (χ4n) is 6.61. The van der Waals surface area contributed by atoms with Crippen LogP contribution in [0, 0.1) is 5.92 Å². The van der Waals surface area contributed by atoms with Crippen molar-refractivity contribution in [2.75, 3.05) is 27.3 Å². The number of methoxy groups -OCH3 is 1. The highest BCUT2D eigenvalue weighted by molar-refractivity contribution is 7.91. The second-order valence-electron chi connectivity index (χ2n) is 14.4. The third-order valence-electron chi connectivity index (χ3n) is 10.5. The number of pyridine rings is 1. The number of urea groups is 1. The van der Waals surface area contributed by atoms with Gasteiger partial charge in [-0.1, -0.05) is 44.5 Å². The zero-order valence-electron chi connectivity index (χ0n) is 30.7. The molecule has 3 atom stereocenters. The Labute approximate surface area is 319 Å². The Morgan fingerprint density at radius 1 is 1.19 bits per heavy atom. The molecule has 2 aliphatic carbocycles. The topological polar surface area (TPSA) is 169 Å². The first-order valence-corrected chi connectivity index (χ1v) is 20.8. The third kappa shape index (κ3) is 7.97. The maximum absolute atomic E-state index is 14.1. The zero-order valence-corrected chi connectivity index (χ0v) is 33.0. The molecule has 0 spiro atoms. The molecule has 2 fully saturated rings. The van der Waals surface area contributed by atoms with Crippen LogP contribution in [0.25, 0.3) is 21.6 Å². The molecule has 2 saturated carbocycles. The van der Waals surface area contributed by atoms with Crippen molar-refractivity contribution >= 4 is 61.7 Å². The molecule has 3 aliphatic rings. The van der Waals surface area contributed by atoms with E-state index in [4.69, 9.17) is 31.0 Å². The van der Waals surface area contributed by atoms with E-state index in [1.165, 1.54) is 23.3 Å². The maximum atomic E-state index is 14.1. The minimum Gasteiger partial charge on any atom is -0.495 e. The predicted molar refractivity (Wildman–Crippen MR) is 205 cm³/mol. The van der Waals surface area contributed by atoms with E-state index < -0.39 is 50.1 Å². The molecule has 286 valence electrons. The van der Waals surface area contributed by atoms with Crippen molar-refractivity contribution < 1.29 is 32.3 Å². The maximum Gasteiger partial charge on any atom is 0.317 e. The lowest BCUT2D eigenvalue weighted by Gasteiger charge is -2.26. The number of thiazole rings is 1. The van der Waals surface area contributed by atoms with Gasteiger partial charge >= 0.3 is 6.03 Å². The fraction of sp³-hybridized carbons (Fsp3) is 0.541. The number of fused-ring (bicyclic) bond motifs is 2. The summed E-state index contributed by atoms with van der Waals surface area (Å²) in [7, 11) is -0.780. The van der Waals surface area contributed by atoms with E-state index in [1.807, 2.05) is 17.5 Å². The van der Waals surface area contributed by atoms with E-state index in [9.17, 15) is 22.8 Å². The van der Waals surface area contributed by atoms with Crippen molar-refractivity contribution in [3.8, 4) is 22.2 Å². The molecule has 0 bridgehead atoms. The highest BCUT2D eigenvalue weighted by atomic mass is 35.5. The smallest absolute Gasteiger partial charge is 0.317 e. The summed E-state index contributed by atoms with van der Waals surface area (Å²) >= 11 is 8.19. The predicted octanol–water partition coefficient (Wildman–Crippen LogP) is 5.93. The summed E-state index contributed by atoms with van der Waals surface area (Å²) in [5.74, 6) is -0.675. The number of rotatable bonds is 11. The Morgan fingerprint density at radius 3 is 2.64 bits per heavy atom. The zero-order chi connectivity index (χ0) is 38.1. The SMILES string of the molecule is CCC1(S(=O)(=O)NC(=O)[C@@]23C[C@H]2C=CCCCCN(C)C(=O)N[C@@H](CCOc2cc(-c4nc(C(C)C)cs4)nc4c(Cl)c(OC)ccc24)C(=O)N3)CC1. The number of nitrogens with zero attached hydrogens (tertiary/aromatic N) is 3. The summed E-state index contributed by atoms with van der Waals surface area (Å²) in [6.45, 7) is 6.38. The van der Waals surface area contributed by atoms with Crippen LogP contribution in [0.2, 0.25) is 5.02 Å². The molecule has 6 rings (SSSR count). The Balaban J connectivity index is 1.27. The normalized spacial score (nSPS) is 23.1. The molecule has 0 saturated heterocycles. The number of allylic oxidation sites excluding steroid dienone is 1. The van der Waals surface area contributed by atoms with Gasteiger partial charge < -0.3 is 25.0 Å². The van der Waals surface area contributed by atoms with Crippen LogP contribution in [-0.2, 0) is 19.6 Å². The molecule has 0 radical (unpaired) electrons. The van der Waals surface area contributed by atoms with E-state index >= 15 is 0 Å². The number of hydrogen-bond acceptors (Lipinski definition) is 10. The summed E-state index contributed by atoms with van der Waals surface area (Å²) in [6.07, 6.45) is 7.72. The van der Waals surface area contributed by atoms with Gasteiger partial charge in [-0.25, -0.2) is 23.2 Å². The minimum absolute atomic E-state index is 0.0185. The first kappa shape index (κ1) is 38.8. The van der Waals surface area contributed by atoms with Crippen molar-refractivity contribution in [2.45, 2.75) is 94.4 Å². The number of carbonyl (C=O) groups is 3. The van der Waals surface area contributed by atoms with Crippen LogP contribution in [0.5, 0.6) is 11.5 Å². The molecule has 2 aromatic heterocycles. The lowest BCUT2D eigenvalue weighted by atomic mass is 10.1. The number of hydrogen-bond donors (Lipinski definition) is 3. The van der Waals surface area contributed by atoms with Crippen LogP contribution in [0.4, 0.5) is 4.79 Å². The molecular formula is C37H47ClN6O7S2. The number of benzene rings is 1. The van der Waals surface area contributed by atoms with Gasteiger partial charge in [-0.2, -0.15) is 0 Å². The lowest BCUT2D eigenvalue weighted by Crippen LogP contribution is -2.58. The molecular weight excluding hydrogens is 740 g/mol. The Kier molecular flexibility index (Phi) is 11.3. The van der Waals surface area contributed by atoms with Crippen LogP contribution in [0.15, 0.2) is 35.7 Å². The molecule has 53 heavy (non-hydrogen) atoms. The molecule has 3 aromatic rings. The summed E-state index contributed by atoms with van der Waals surface area (Å²) in [6, 6.07) is 3.72. The Morgan fingerprint density at radius 2 is 1.96 bits per heavy atom. The van der Waals surface area contributed by atoms with Crippen LogP contribution in [-0.4, -0.2) is 84.8 Å². The lowest BCUT2D eigenvalue weighted by molar-refractivity contribution is -0.130. The second-order valence-corrected chi connectivity index (χ2v) is 17.8. The molecule has 1 aromatic carbocycles. The summed E-state index contributed by atoms with van der Waals surface area (Å²) in [5.41, 5.74) is 0.467. The summed E-state index contributed by atoms with van der Waals surface area (Å²) in [5, 5.41) is 9.28. The first-order chi connectivity index (χ1) is 25.2. The number of halogens is 1. The number of carbonyl (C=O) groups excluding carboxylic acids is 3. The van der Waals surface area contributed by atoms with Crippen LogP contribution in [0.1, 0.15) is 83.7 Å². The number of aromatic nitrogens is 2. The standard InChI is InChI=1S/C37H47ClN6O7S2/c1-6-36(15-16-36)53(48,49)43-34(46)37-20-23(37)11-9-7-8-10-17-44(4)35(47)41-25(32(45)42-37)14-18-51-29-19-26(33-40-27(21-52-33)22(2)3)39-31-24(29)12-13-28(50-5)30(31)38/h9,11-13,19,21-23,25H,6-8,10,14-18,20H2,1-5H3,(H,41,47)(H,42,45)(H,43,46)/t23-,25+,37-/m1/s1. The van der Waals surface area contributed by atoms with E-state index in [1.54, 1.807) is 32.2 Å². The number of ether oxygens (including phenoxy) is 2. The number of sulfonamides is 1. The Hall–Kier alpha value is -3.95. The van der Waals surface area contributed by atoms with Gasteiger partial charge in [0.1, 0.15) is 38.8 Å². The van der Waals surface area contributed by atoms with E-state index in [0.717, 1.165) is 25.0 Å². The average molecular weight is 787 g/mol. The average Bonchev–Trinajstić information content (AvgIpc) is 4.02. The molecule has 13 nitrogen and oxygen atoms in total. The van der Waals surface area contributed by atoms with Gasteiger partial charge in [0, 0.05) is 42.8 Å². The van der Waals surface area contributed by atoms with Crippen LogP contribution < -0.4 is 24.8 Å². The van der Waals surface area contributed by atoms with Crippen LogP contribution >= 0.6 is 22.9 Å². The van der Waals surface area contributed by atoms with Gasteiger partial charge in [0.15, 0.2) is 0 Å². The van der Waals surface area contributed by atoms with Crippen molar-refractivity contribution in [3.05, 3.63) is 46.4 Å². The monoisotopic (exact) mass is 786 g/mol. The van der Waals surface area contributed by atoms with Crippen molar-refractivity contribution in [2.24, 2.45) is 5.92 Å². The van der Waals surface area contributed by atoms with Gasteiger partial charge in [-0.05, 0) is 63.0 Å². The highest BCUT2D eigenvalue weighted by Gasteiger charge is 2.63. The Bertz CT molecular complexity index is 2030. The van der Waals surface area contributed by atoms with Gasteiger partial charge in [-0.15, -0.1) is 11.3 Å². The van der Waals surface area contributed by atoms with Crippen LogP contribution in [0.3, 0.4) is 0 Å². The summed E-state index contributed by atoms with van der Waals surface area (Å²) in [4.78, 5) is 52.3. The fourth-order valence-corrected chi connectivity index (χ4v) is 9.50. The minimum atomic E-state index is -3.96. The largest absolute Gasteiger partial charge is 0.495 e. The molecule has 0 unspecified atom stereocenters. The molecule has 3 heterocycles. The van der Waals surface area contributed by atoms with Gasteiger partial charge in [-0.3, -0.25) is 14.3 Å². The molecule has 3 N–H and O–H groups in total. The first-order valence-electron chi connectivity index (χ1n) is 18.1. The highest BCUT2D eigenvalue weighted by Crippen LogP contribution is 2.48. The van der Waals surface area contributed by atoms with Gasteiger partial charge in [0.2, 0.25) is 15.9 Å².